The van der Waals surface area contributed by atoms with Gasteiger partial charge in [0, 0.05) is 0 Å². The predicted molar refractivity (Wildman–Crippen MR) is 118 cm³/mol. The van der Waals surface area contributed by atoms with Gasteiger partial charge in [-0.1, -0.05) is 116 Å². The standard InChI is InChI=1S/C18H42NSi2.CH3.Mg/c1-13(2)20(14(3)4,15(5)6)19-21(16(7)8,17(9)10)18(11)12;;/h13-18H,1-12H3;1H3;/q2*-1;+2. The molecule has 0 aromatic rings. The van der Waals surface area contributed by atoms with Crippen LogP contribution >= 0.6 is 0 Å². The number of nitrogens with zero attached hydrogens (tertiary/aromatic N) is 1. The molecule has 0 aromatic carbocycles. The fraction of sp³-hybridized carbons (Fsp3) is 0.947. The summed E-state index contributed by atoms with van der Waals surface area (Å²) in [5.74, 6) is 0. The summed E-state index contributed by atoms with van der Waals surface area (Å²) in [5.41, 5.74) is 4.42. The summed E-state index contributed by atoms with van der Waals surface area (Å²) in [6, 6.07) is 0. The molecule has 0 N–H and O–H groups in total. The average molecular weight is 368 g/mol. The maximum absolute atomic E-state index is 6.01. The molecule has 0 aliphatic rings. The molecule has 0 atom stereocenters. The van der Waals surface area contributed by atoms with Crippen LogP contribution < -0.4 is 0 Å². The summed E-state index contributed by atoms with van der Waals surface area (Å²) < 4.78 is 6.01. The Labute approximate surface area is 167 Å². The van der Waals surface area contributed by atoms with Gasteiger partial charge in [-0.2, -0.15) is 0 Å². The molecule has 0 unspecified atom stereocenters. The smallest absolute Gasteiger partial charge is 0.665 e. The van der Waals surface area contributed by atoms with E-state index in [0.717, 1.165) is 33.2 Å². The van der Waals surface area contributed by atoms with Crippen molar-refractivity contribution in [1.82, 2.24) is 0 Å². The van der Waals surface area contributed by atoms with Gasteiger partial charge >= 0.3 is 23.1 Å². The van der Waals surface area contributed by atoms with E-state index in [1.54, 1.807) is 0 Å². The monoisotopic (exact) mass is 367 g/mol. The van der Waals surface area contributed by atoms with Crippen LogP contribution in [0.3, 0.4) is 0 Å². The van der Waals surface area contributed by atoms with Crippen molar-refractivity contribution >= 4 is 39.5 Å². The van der Waals surface area contributed by atoms with E-state index in [9.17, 15) is 0 Å². The van der Waals surface area contributed by atoms with E-state index in [-0.39, 0.29) is 30.5 Å². The second kappa shape index (κ2) is 11.0. The topological polar surface area (TPSA) is 14.1 Å². The summed E-state index contributed by atoms with van der Waals surface area (Å²) in [5, 5.41) is 0. The molecule has 0 spiro atoms. The molecule has 0 aliphatic carbocycles. The normalized spacial score (nSPS) is 13.3. The third-order valence-corrected chi connectivity index (χ3v) is 20.1. The molecule has 1 nitrogen and oxygen atoms in total. The third kappa shape index (κ3) is 5.57. The van der Waals surface area contributed by atoms with Crippen LogP contribution in [0.1, 0.15) is 83.1 Å². The Kier molecular flexibility index (Phi) is 13.8. The van der Waals surface area contributed by atoms with Crippen molar-refractivity contribution < 1.29 is 0 Å². The molecule has 0 aliphatic heterocycles. The van der Waals surface area contributed by atoms with Gasteiger partial charge in [0.1, 0.15) is 0 Å². The molecule has 0 rings (SSSR count). The van der Waals surface area contributed by atoms with Crippen molar-refractivity contribution in [3.8, 4) is 0 Å². The van der Waals surface area contributed by atoms with Gasteiger partial charge in [0.05, 0.1) is 0 Å². The first-order valence-corrected chi connectivity index (χ1v) is 13.5. The second-order valence-electron chi connectivity index (χ2n) is 8.81. The first kappa shape index (κ1) is 28.9. The van der Waals surface area contributed by atoms with Crippen molar-refractivity contribution in [3.63, 3.8) is 0 Å². The molecule has 0 aromatic heterocycles. The first-order chi connectivity index (χ1) is 9.37. The average Bonchev–Trinajstić information content (AvgIpc) is 2.26. The van der Waals surface area contributed by atoms with Gasteiger partial charge < -0.3 is 12.1 Å². The van der Waals surface area contributed by atoms with E-state index in [1.165, 1.54) is 0 Å². The fourth-order valence-corrected chi connectivity index (χ4v) is 22.0. The summed E-state index contributed by atoms with van der Waals surface area (Å²) in [6.45, 7) is 29.3. The molecule has 0 bridgehead atoms. The van der Waals surface area contributed by atoms with Crippen molar-refractivity contribution in [2.45, 2.75) is 116 Å². The summed E-state index contributed by atoms with van der Waals surface area (Å²) in [4.78, 5) is 0. The zero-order valence-electron chi connectivity index (χ0n) is 18.6. The van der Waals surface area contributed by atoms with Gasteiger partial charge in [0.2, 0.25) is 0 Å². The van der Waals surface area contributed by atoms with Crippen LogP contribution in [0.2, 0.25) is 33.2 Å². The summed E-state index contributed by atoms with van der Waals surface area (Å²) >= 11 is 0. The Bertz CT molecular complexity index is 239. The maximum Gasteiger partial charge on any atom is 2.00 e. The first-order valence-electron chi connectivity index (χ1n) is 9.11. The summed E-state index contributed by atoms with van der Waals surface area (Å²) in [7, 11) is -3.33. The third-order valence-electron chi connectivity index (χ3n) is 5.94. The molecular weight excluding hydrogens is 323 g/mol. The Balaban J connectivity index is -0.00000200. The van der Waals surface area contributed by atoms with E-state index >= 15 is 0 Å². The largest absolute Gasteiger partial charge is 2.00 e. The van der Waals surface area contributed by atoms with Gasteiger partial charge in [-0.3, -0.25) is 0 Å². The maximum atomic E-state index is 6.01. The van der Waals surface area contributed by atoms with Crippen molar-refractivity contribution in [1.29, 1.82) is 0 Å². The number of rotatable bonds is 8. The molecule has 0 saturated heterocycles. The van der Waals surface area contributed by atoms with Crippen molar-refractivity contribution in [3.05, 3.63) is 12.1 Å². The van der Waals surface area contributed by atoms with Crippen LogP contribution in [0, 0.1) is 7.43 Å². The van der Waals surface area contributed by atoms with Crippen LogP contribution in [-0.2, 0) is 0 Å². The van der Waals surface area contributed by atoms with Crippen molar-refractivity contribution in [2.24, 2.45) is 0 Å². The van der Waals surface area contributed by atoms with E-state index in [0.29, 0.717) is 0 Å². The minimum atomic E-state index is -1.66. The van der Waals surface area contributed by atoms with Crippen LogP contribution in [0.25, 0.3) is 4.65 Å². The van der Waals surface area contributed by atoms with Gasteiger partial charge in [-0.25, -0.2) is 0 Å². The molecule has 0 fully saturated rings. The van der Waals surface area contributed by atoms with Gasteiger partial charge in [-0.05, 0) is 16.5 Å². The van der Waals surface area contributed by atoms with Crippen LogP contribution in [0.5, 0.6) is 0 Å². The zero-order chi connectivity index (χ0) is 17.2. The minimum Gasteiger partial charge on any atom is -0.665 e. The molecule has 0 heterocycles. The Hall–Kier alpha value is 1.16. The zero-order valence-corrected chi connectivity index (χ0v) is 22.0. The van der Waals surface area contributed by atoms with E-state index < -0.39 is 16.5 Å². The quantitative estimate of drug-likeness (QED) is 0.307. The summed E-state index contributed by atoms with van der Waals surface area (Å²) in [6.07, 6.45) is 0. The van der Waals surface area contributed by atoms with Gasteiger partial charge in [0.25, 0.3) is 0 Å². The molecule has 136 valence electrons. The molecule has 0 amide bonds. The van der Waals surface area contributed by atoms with Crippen molar-refractivity contribution in [2.75, 3.05) is 0 Å². The van der Waals surface area contributed by atoms with Gasteiger partial charge in [-0.15, -0.1) is 0 Å². The number of hydrogen-bond acceptors (Lipinski definition) is 0. The predicted octanol–water partition coefficient (Wildman–Crippen LogP) is 7.78. The van der Waals surface area contributed by atoms with E-state index in [4.69, 9.17) is 4.65 Å². The molecule has 0 radical (unpaired) electrons. The van der Waals surface area contributed by atoms with Crippen LogP contribution in [0.4, 0.5) is 0 Å². The minimum absolute atomic E-state index is 0. The Morgan fingerprint density at radius 1 is 0.435 bits per heavy atom. The van der Waals surface area contributed by atoms with Crippen LogP contribution in [-0.4, -0.2) is 39.5 Å². The van der Waals surface area contributed by atoms with Gasteiger partial charge in [0.15, 0.2) is 0 Å². The Morgan fingerprint density at radius 3 is 0.652 bits per heavy atom. The molecule has 0 saturated carbocycles. The molecular formula is C19H45MgNSi2. The molecule has 4 heteroatoms. The second-order valence-corrected chi connectivity index (χ2v) is 20.2. The number of hydrogen-bond donors (Lipinski definition) is 0. The Morgan fingerprint density at radius 2 is 0.565 bits per heavy atom. The fourth-order valence-electron chi connectivity index (χ4n) is 5.11. The van der Waals surface area contributed by atoms with Crippen LogP contribution in [0.15, 0.2) is 0 Å². The molecule has 23 heavy (non-hydrogen) atoms. The SMILES string of the molecule is CC(C)[Si]([N-][Si](C(C)C)(C(C)C)C(C)C)(C(C)C)C(C)C.[CH3-].[Mg+2]. The van der Waals surface area contributed by atoms with E-state index in [1.807, 2.05) is 0 Å². The van der Waals surface area contributed by atoms with E-state index in [2.05, 4.69) is 83.1 Å².